The monoisotopic (exact) mass is 628 g/mol. The van der Waals surface area contributed by atoms with E-state index in [0.717, 1.165) is 61.2 Å². The maximum atomic E-state index is 6.45. The Morgan fingerprint density at radius 1 is 0.490 bits per heavy atom. The van der Waals surface area contributed by atoms with E-state index in [1.54, 1.807) is 0 Å². The second-order valence-corrected chi connectivity index (χ2v) is 12.6. The summed E-state index contributed by atoms with van der Waals surface area (Å²) in [5.74, 6) is 0.681. The summed E-state index contributed by atoms with van der Waals surface area (Å²) in [5.41, 5.74) is 12.4. The van der Waals surface area contributed by atoms with E-state index in [-0.39, 0.29) is 0 Å². The lowest BCUT2D eigenvalue weighted by Crippen LogP contribution is -2.07. The van der Waals surface area contributed by atoms with Crippen LogP contribution in [0.2, 0.25) is 0 Å². The van der Waals surface area contributed by atoms with Crippen LogP contribution < -0.4 is 0 Å². The van der Waals surface area contributed by atoms with Gasteiger partial charge in [0.15, 0.2) is 5.84 Å². The Bertz CT molecular complexity index is 2610. The molecule has 1 aliphatic heterocycles. The van der Waals surface area contributed by atoms with Crippen LogP contribution >= 0.6 is 0 Å². The largest absolute Gasteiger partial charge is 0.456 e. The third-order valence-electron chi connectivity index (χ3n) is 9.50. The lowest BCUT2D eigenvalue weighted by Gasteiger charge is -2.14. The molecule has 0 N–H and O–H groups in total. The first-order chi connectivity index (χ1) is 24.2. The Kier molecular flexibility index (Phi) is 7.09. The number of benzene rings is 7. The summed E-state index contributed by atoms with van der Waals surface area (Å²) in [7, 11) is 0. The number of fused-ring (bicyclic) bond motifs is 4. The van der Waals surface area contributed by atoms with Crippen LogP contribution in [0.4, 0.5) is 0 Å². The van der Waals surface area contributed by atoms with Crippen LogP contribution in [-0.4, -0.2) is 11.5 Å². The van der Waals surface area contributed by atoms with Crippen LogP contribution in [0.15, 0.2) is 184 Å². The van der Waals surface area contributed by atoms with Crippen LogP contribution in [0, 0.1) is 0 Å². The maximum absolute atomic E-state index is 6.45. The fourth-order valence-electron chi connectivity index (χ4n) is 7.05. The molecule has 232 valence electrons. The summed E-state index contributed by atoms with van der Waals surface area (Å²) in [6, 6.07) is 57.4. The van der Waals surface area contributed by atoms with Crippen molar-refractivity contribution in [2.24, 2.45) is 9.98 Å². The third kappa shape index (κ3) is 5.26. The first-order valence-corrected chi connectivity index (χ1v) is 16.7. The zero-order chi connectivity index (χ0) is 32.7. The molecule has 3 heteroatoms. The van der Waals surface area contributed by atoms with E-state index in [1.165, 1.54) is 27.5 Å². The van der Waals surface area contributed by atoms with Crippen molar-refractivity contribution in [1.82, 2.24) is 0 Å². The van der Waals surface area contributed by atoms with Crippen molar-refractivity contribution < 1.29 is 4.42 Å². The molecule has 49 heavy (non-hydrogen) atoms. The Morgan fingerprint density at radius 2 is 1.14 bits per heavy atom. The number of furan rings is 1. The summed E-state index contributed by atoms with van der Waals surface area (Å²) >= 11 is 0. The minimum Gasteiger partial charge on any atom is -0.456 e. The van der Waals surface area contributed by atoms with Gasteiger partial charge in [0.25, 0.3) is 0 Å². The lowest BCUT2D eigenvalue weighted by molar-refractivity contribution is 0.669. The summed E-state index contributed by atoms with van der Waals surface area (Å²) in [5, 5.41) is 4.55. The predicted molar refractivity (Wildman–Crippen MR) is 205 cm³/mol. The normalized spacial score (nSPS) is 13.5. The van der Waals surface area contributed by atoms with Crippen LogP contribution in [0.1, 0.15) is 30.0 Å². The topological polar surface area (TPSA) is 37.9 Å². The molecule has 0 bridgehead atoms. The molecule has 0 fully saturated rings. The molecular weight excluding hydrogens is 597 g/mol. The first kappa shape index (κ1) is 28.9. The molecule has 0 unspecified atom stereocenters. The molecular formula is C46H32N2O. The maximum Gasteiger partial charge on any atom is 0.161 e. The zero-order valence-electron chi connectivity index (χ0n) is 27.1. The molecule has 0 saturated carbocycles. The third-order valence-corrected chi connectivity index (χ3v) is 9.50. The lowest BCUT2D eigenvalue weighted by atomic mass is 9.92. The van der Waals surface area contributed by atoms with Gasteiger partial charge in [-0.25, -0.2) is 9.98 Å². The molecule has 9 rings (SSSR count). The average molecular weight is 629 g/mol. The number of hydrogen-bond donors (Lipinski definition) is 0. The molecule has 7 aromatic carbocycles. The Morgan fingerprint density at radius 3 is 1.94 bits per heavy atom. The smallest absolute Gasteiger partial charge is 0.161 e. The van der Waals surface area contributed by atoms with Gasteiger partial charge in [-0.1, -0.05) is 140 Å². The zero-order valence-corrected chi connectivity index (χ0v) is 27.1. The molecule has 0 saturated heterocycles. The second-order valence-electron chi connectivity index (χ2n) is 12.6. The minimum atomic E-state index is 0.681. The Balaban J connectivity index is 1.28. The quantitative estimate of drug-likeness (QED) is 0.187. The predicted octanol–water partition coefficient (Wildman–Crippen LogP) is 12.1. The molecule has 8 aromatic rings. The Labute approximate surface area is 285 Å². The van der Waals surface area contributed by atoms with Crippen molar-refractivity contribution in [3.05, 3.63) is 186 Å². The van der Waals surface area contributed by atoms with Gasteiger partial charge in [-0.2, -0.15) is 0 Å². The van der Waals surface area contributed by atoms with Crippen LogP contribution in [0.5, 0.6) is 0 Å². The van der Waals surface area contributed by atoms with Crippen molar-refractivity contribution in [2.75, 3.05) is 0 Å². The fourth-order valence-corrected chi connectivity index (χ4v) is 7.05. The van der Waals surface area contributed by atoms with Crippen molar-refractivity contribution in [3.8, 4) is 22.3 Å². The van der Waals surface area contributed by atoms with E-state index in [2.05, 4.69) is 146 Å². The second kappa shape index (κ2) is 12.0. The van der Waals surface area contributed by atoms with Crippen LogP contribution in [-0.2, 0) is 0 Å². The number of rotatable bonds is 5. The highest BCUT2D eigenvalue weighted by atomic mass is 16.3. The number of nitrogens with zero attached hydrogens (tertiary/aromatic N) is 2. The molecule has 0 spiro atoms. The summed E-state index contributed by atoms with van der Waals surface area (Å²) < 4.78 is 6.45. The van der Waals surface area contributed by atoms with Gasteiger partial charge < -0.3 is 4.42 Å². The highest BCUT2D eigenvalue weighted by molar-refractivity contribution is 6.25. The van der Waals surface area contributed by atoms with Gasteiger partial charge in [-0.15, -0.1) is 0 Å². The van der Waals surface area contributed by atoms with Gasteiger partial charge in [0.2, 0.25) is 0 Å². The standard InChI is InChI=1S/C46H32N2O/c1-30-28-40(34-13-4-2-5-14-34)47-46(48-45(30)35-15-6-3-7-16-35)44-38(26-27-42-43(44)39-18-10-11-19-41(39)49-42)33-23-20-32(21-24-33)37-25-22-31-12-8-9-17-36(31)29-37/h2-27,29H,28H2,1H3. The van der Waals surface area contributed by atoms with Crippen molar-refractivity contribution in [1.29, 1.82) is 0 Å². The molecule has 2 heterocycles. The number of allylic oxidation sites excluding steroid dienone is 1. The number of aliphatic imine (C=N–C) groups is 2. The molecule has 0 amide bonds. The van der Waals surface area contributed by atoms with E-state index < -0.39 is 0 Å². The van der Waals surface area contributed by atoms with Gasteiger partial charge in [-0.05, 0) is 75.4 Å². The number of hydrogen-bond acceptors (Lipinski definition) is 3. The molecule has 0 atom stereocenters. The average Bonchev–Trinajstić information content (AvgIpc) is 3.45. The van der Waals surface area contributed by atoms with Crippen molar-refractivity contribution in [2.45, 2.75) is 13.3 Å². The molecule has 0 aliphatic carbocycles. The molecule has 0 radical (unpaired) electrons. The fraction of sp³-hybridized carbons (Fsp3) is 0.0435. The van der Waals surface area contributed by atoms with E-state index in [9.17, 15) is 0 Å². The van der Waals surface area contributed by atoms with Crippen molar-refractivity contribution in [3.63, 3.8) is 0 Å². The highest BCUT2D eigenvalue weighted by Gasteiger charge is 2.24. The first-order valence-electron chi connectivity index (χ1n) is 16.7. The van der Waals surface area contributed by atoms with Crippen molar-refractivity contribution >= 4 is 50.0 Å². The van der Waals surface area contributed by atoms with Crippen LogP contribution in [0.3, 0.4) is 0 Å². The summed E-state index contributed by atoms with van der Waals surface area (Å²) in [6.45, 7) is 2.17. The molecule has 3 nitrogen and oxygen atoms in total. The van der Waals surface area contributed by atoms with E-state index in [4.69, 9.17) is 14.4 Å². The van der Waals surface area contributed by atoms with Gasteiger partial charge in [0.05, 0.1) is 11.4 Å². The summed E-state index contributed by atoms with van der Waals surface area (Å²) in [6.07, 6.45) is 0.694. The van der Waals surface area contributed by atoms with Gasteiger partial charge >= 0.3 is 0 Å². The minimum absolute atomic E-state index is 0.681. The Hall–Kier alpha value is -6.32. The number of amidine groups is 1. The highest BCUT2D eigenvalue weighted by Crippen LogP contribution is 2.40. The molecule has 1 aliphatic rings. The van der Waals surface area contributed by atoms with Gasteiger partial charge in [-0.3, -0.25) is 0 Å². The van der Waals surface area contributed by atoms with Gasteiger partial charge in [0.1, 0.15) is 11.2 Å². The van der Waals surface area contributed by atoms with E-state index >= 15 is 0 Å². The number of para-hydroxylation sites is 1. The van der Waals surface area contributed by atoms with E-state index in [1.807, 2.05) is 24.3 Å². The summed E-state index contributed by atoms with van der Waals surface area (Å²) in [4.78, 5) is 10.9. The van der Waals surface area contributed by atoms with Gasteiger partial charge in [0, 0.05) is 28.3 Å². The molecule has 1 aromatic heterocycles. The van der Waals surface area contributed by atoms with Crippen LogP contribution in [0.25, 0.3) is 60.7 Å². The SMILES string of the molecule is CC1=C(c2ccccc2)N=C(c2c(-c3ccc(-c4ccc5ccccc5c4)cc3)ccc3oc4ccccc4c23)N=C(c2ccccc2)C1. The van der Waals surface area contributed by atoms with E-state index in [0.29, 0.717) is 12.3 Å².